The third-order valence-electron chi connectivity index (χ3n) is 20.2. The van der Waals surface area contributed by atoms with E-state index >= 15 is 0 Å². The second kappa shape index (κ2) is 37.9. The van der Waals surface area contributed by atoms with Gasteiger partial charge < -0.3 is 45.0 Å². The minimum atomic E-state index is -0.569. The molecular formula is C92H109N5O7. The number of esters is 1. The second-order valence-electron chi connectivity index (χ2n) is 29.3. The molecule has 0 saturated carbocycles. The van der Waals surface area contributed by atoms with Crippen LogP contribution in [-0.2, 0) is 4.79 Å². The molecule has 0 aliphatic carbocycles. The van der Waals surface area contributed by atoms with Crippen molar-refractivity contribution >= 4 is 50.8 Å². The van der Waals surface area contributed by atoms with E-state index in [1.807, 2.05) is 87.5 Å². The van der Waals surface area contributed by atoms with Crippen molar-refractivity contribution in [2.45, 2.75) is 105 Å². The molecule has 3 aliphatic rings. The number of piperazine rings is 2. The molecule has 9 aromatic rings. The molecule has 0 radical (unpaired) electrons. The normalized spacial score (nSPS) is 15.4. The van der Waals surface area contributed by atoms with E-state index in [1.54, 1.807) is 24.3 Å². The van der Waals surface area contributed by atoms with Gasteiger partial charge in [0.1, 0.15) is 17.2 Å². The molecule has 0 bridgehead atoms. The topological polar surface area (TPSA) is 144 Å². The Labute approximate surface area is 619 Å². The number of aliphatic hydroxyl groups is 3. The minimum absolute atomic E-state index is 0.133. The Balaban J connectivity index is 0.000000168. The van der Waals surface area contributed by atoms with Crippen molar-refractivity contribution in [1.29, 1.82) is 0 Å². The Bertz CT molecular complexity index is 4190. The molecule has 0 atom stereocenters. The van der Waals surface area contributed by atoms with Gasteiger partial charge in [0.25, 0.3) is 0 Å². The van der Waals surface area contributed by atoms with Gasteiger partial charge >= 0.3 is 5.97 Å². The molecule has 104 heavy (non-hydrogen) atoms. The molecule has 0 unspecified atom stereocenters. The lowest BCUT2D eigenvalue weighted by molar-refractivity contribution is -0.143. The number of allylic oxidation sites excluding steroid dienone is 3. The van der Waals surface area contributed by atoms with Crippen LogP contribution >= 0.6 is 0 Å². The molecule has 12 heteroatoms. The third-order valence-corrected chi connectivity index (χ3v) is 20.2. The van der Waals surface area contributed by atoms with Crippen LogP contribution in [0.2, 0.25) is 0 Å². The maximum atomic E-state index is 12.4. The summed E-state index contributed by atoms with van der Waals surface area (Å²) in [6, 6.07) is 81.8. The van der Waals surface area contributed by atoms with Crippen molar-refractivity contribution in [2.24, 2.45) is 5.41 Å². The summed E-state index contributed by atoms with van der Waals surface area (Å²) in [5.74, 6) is 1.41. The summed E-state index contributed by atoms with van der Waals surface area (Å²) in [5, 5.41) is 48.6. The van der Waals surface area contributed by atoms with Crippen LogP contribution in [0.15, 0.2) is 237 Å². The van der Waals surface area contributed by atoms with Gasteiger partial charge in [-0.15, -0.1) is 0 Å². The first kappa shape index (κ1) is 77.2. The van der Waals surface area contributed by atoms with Crippen LogP contribution in [0.3, 0.4) is 0 Å². The molecule has 0 aromatic heterocycles. The van der Waals surface area contributed by atoms with Crippen LogP contribution < -0.4 is 14.5 Å². The molecule has 3 aliphatic heterocycles. The van der Waals surface area contributed by atoms with Crippen LogP contribution in [0, 0.1) is 5.41 Å². The van der Waals surface area contributed by atoms with Gasteiger partial charge in [0.2, 0.25) is 0 Å². The predicted octanol–water partition coefficient (Wildman–Crippen LogP) is 17.7. The van der Waals surface area contributed by atoms with Gasteiger partial charge in [0.15, 0.2) is 0 Å². The lowest BCUT2D eigenvalue weighted by atomic mass is 9.85. The summed E-state index contributed by atoms with van der Waals surface area (Å²) in [5.41, 5.74) is 20.4. The van der Waals surface area contributed by atoms with E-state index in [0.29, 0.717) is 43.0 Å². The number of anilines is 2. The first-order chi connectivity index (χ1) is 50.4. The monoisotopic (exact) mass is 1400 g/mol. The minimum Gasteiger partial charge on any atom is -0.508 e. The maximum absolute atomic E-state index is 12.4. The summed E-state index contributed by atoms with van der Waals surface area (Å²) in [6.07, 6.45) is 4.38. The zero-order valence-corrected chi connectivity index (χ0v) is 62.5. The molecule has 12 rings (SSSR count). The highest BCUT2D eigenvalue weighted by atomic mass is 16.5. The number of likely N-dealkylation sites (tertiary alicyclic amines) is 1. The van der Waals surface area contributed by atoms with E-state index in [2.05, 4.69) is 205 Å². The van der Waals surface area contributed by atoms with Crippen LogP contribution in [0.1, 0.15) is 149 Å². The average molecular weight is 1400 g/mol. The fourth-order valence-corrected chi connectivity index (χ4v) is 14.0. The van der Waals surface area contributed by atoms with Crippen LogP contribution in [0.4, 0.5) is 11.4 Å². The van der Waals surface area contributed by atoms with Crippen molar-refractivity contribution in [3.63, 3.8) is 0 Å². The largest absolute Gasteiger partial charge is 0.508 e. The Morgan fingerprint density at radius 3 is 1.02 bits per heavy atom. The van der Waals surface area contributed by atoms with Gasteiger partial charge in [-0.2, -0.15) is 0 Å². The quantitative estimate of drug-likeness (QED) is 0.0223. The first-order valence-corrected chi connectivity index (χ1v) is 37.5. The molecule has 5 N–H and O–H groups in total. The zero-order chi connectivity index (χ0) is 73.5. The SMILES string of the molecule is CC(C)N1CC(c2ccc(/C(=C(/CCCO)c3ccccc3)c3ccc(O)cc3)cc2)C1.CC(C)N1CCN(c2ccc(/C(=C(/CCCO)c3ccccc3)c3ccc(O)cc3)cc2)CC1.CN1CCN(c2ccc(/C(=C(/CCCO)c3ccccc3)c3ccc(OC(=O)C(C)(C)C)cc3)cc2)CC1. The Hall–Kier alpha value is -9.37. The Morgan fingerprint density at radius 1 is 0.394 bits per heavy atom. The molecule has 544 valence electrons. The van der Waals surface area contributed by atoms with E-state index in [9.17, 15) is 30.3 Å². The Morgan fingerprint density at radius 2 is 0.702 bits per heavy atom. The maximum Gasteiger partial charge on any atom is 0.316 e. The number of phenolic OH excluding ortho intramolecular Hbond substituents is 2. The molecule has 3 fully saturated rings. The third kappa shape index (κ3) is 21.0. The number of aliphatic hydroxyl groups excluding tert-OH is 3. The number of rotatable bonds is 24. The van der Waals surface area contributed by atoms with Gasteiger partial charge in [-0.05, 0) is 244 Å². The number of hydrogen-bond acceptors (Lipinski definition) is 12. The van der Waals surface area contributed by atoms with Gasteiger partial charge in [-0.25, -0.2) is 0 Å². The predicted molar refractivity (Wildman–Crippen MR) is 431 cm³/mol. The van der Waals surface area contributed by atoms with Gasteiger partial charge in [0.05, 0.1) is 5.41 Å². The van der Waals surface area contributed by atoms with Crippen molar-refractivity contribution in [1.82, 2.24) is 14.7 Å². The highest BCUT2D eigenvalue weighted by Crippen LogP contribution is 2.41. The lowest BCUT2D eigenvalue weighted by Gasteiger charge is -2.42. The number of hydrogen-bond donors (Lipinski definition) is 5. The van der Waals surface area contributed by atoms with E-state index < -0.39 is 5.41 Å². The van der Waals surface area contributed by atoms with E-state index in [-0.39, 0.29) is 37.3 Å². The van der Waals surface area contributed by atoms with Gasteiger partial charge in [-0.1, -0.05) is 176 Å². The molecule has 12 nitrogen and oxygen atoms in total. The van der Waals surface area contributed by atoms with Crippen molar-refractivity contribution in [3.05, 3.63) is 292 Å². The molecule has 3 heterocycles. The molecular weight excluding hydrogens is 1290 g/mol. The van der Waals surface area contributed by atoms with Crippen molar-refractivity contribution in [3.8, 4) is 17.2 Å². The van der Waals surface area contributed by atoms with Crippen LogP contribution in [0.25, 0.3) is 33.4 Å². The number of carbonyl (C=O) groups is 1. The highest BCUT2D eigenvalue weighted by molar-refractivity contribution is 6.01. The van der Waals surface area contributed by atoms with E-state index in [4.69, 9.17) is 4.74 Å². The summed E-state index contributed by atoms with van der Waals surface area (Å²) in [4.78, 5) is 24.7. The zero-order valence-electron chi connectivity index (χ0n) is 62.5. The fraction of sp³-hybridized carbons (Fsp3) is 0.337. The number of ether oxygens (including phenoxy) is 1. The number of benzene rings is 9. The molecule has 9 aromatic carbocycles. The van der Waals surface area contributed by atoms with Crippen molar-refractivity contribution in [2.75, 3.05) is 102 Å². The molecule has 0 amide bonds. The lowest BCUT2D eigenvalue weighted by Crippen LogP contribution is -2.48. The summed E-state index contributed by atoms with van der Waals surface area (Å²) < 4.78 is 5.62. The molecule has 0 spiro atoms. The Kier molecular flexibility index (Phi) is 28.1. The summed E-state index contributed by atoms with van der Waals surface area (Å²) in [6.45, 7) is 25.8. The van der Waals surface area contributed by atoms with E-state index in [0.717, 1.165) is 146 Å². The standard InChI is InChI=1S/C33H40N2O3.C30H36N2O2.C29H33NO2/c1-33(2,3)32(37)38-29-18-14-27(15-19-29)31(30(11-8-24-36)25-9-6-5-7-10-25)26-12-16-28(17-13-26)35-22-20-34(4)21-23-35;1-23(2)31-18-20-32(21-19-31)27-14-10-25(11-15-27)30(26-12-16-28(34)17-13-26)29(9-6-22-33)24-7-4-3-5-8-24;1-21(2)30-19-26(20-30)22-10-12-24(13-11-22)29(25-14-16-27(32)17-15-25)28(9-6-18-31)23-7-4-3-5-8-23/h5-7,9-10,12-19,36H,8,11,20-24H2,1-4H3;3-5,7-8,10-17,23,33-34H,6,9,18-22H2,1-2H3;3-5,7-8,10-17,21,26,31-32H,6,9,18-20H2,1-2H3/b31-30+;30-29+;29-28+. The van der Waals surface area contributed by atoms with E-state index in [1.165, 1.54) is 39.2 Å². The first-order valence-electron chi connectivity index (χ1n) is 37.5. The number of likely N-dealkylation sites (N-methyl/N-ethyl adjacent to an activating group) is 1. The number of phenols is 2. The summed E-state index contributed by atoms with van der Waals surface area (Å²) in [7, 11) is 2.17. The molecule has 3 saturated heterocycles. The summed E-state index contributed by atoms with van der Waals surface area (Å²) >= 11 is 0. The smallest absolute Gasteiger partial charge is 0.316 e. The second-order valence-corrected chi connectivity index (χ2v) is 29.3. The number of aromatic hydroxyl groups is 2. The van der Waals surface area contributed by atoms with Crippen LogP contribution in [-0.4, -0.2) is 151 Å². The fourth-order valence-electron chi connectivity index (χ4n) is 14.0. The highest BCUT2D eigenvalue weighted by Gasteiger charge is 2.30. The van der Waals surface area contributed by atoms with Gasteiger partial charge in [-0.3, -0.25) is 14.6 Å². The number of nitrogens with zero attached hydrogens (tertiary/aromatic N) is 5. The van der Waals surface area contributed by atoms with Gasteiger partial charge in [0, 0.05) is 115 Å². The number of carbonyl (C=O) groups excluding carboxylic acids is 1. The van der Waals surface area contributed by atoms with Crippen molar-refractivity contribution < 1.29 is 35.1 Å². The average Bonchev–Trinajstić information content (AvgIpc) is 0.801. The van der Waals surface area contributed by atoms with Crippen LogP contribution in [0.5, 0.6) is 17.2 Å².